The highest BCUT2D eigenvalue weighted by Crippen LogP contribution is 1.97. The first-order valence-electron chi connectivity index (χ1n) is 6.01. The second-order valence-corrected chi connectivity index (χ2v) is 4.23. The van der Waals surface area contributed by atoms with Gasteiger partial charge in [-0.3, -0.25) is 15.0 Å². The fourth-order valence-corrected chi connectivity index (χ4v) is 1.94. The summed E-state index contributed by atoms with van der Waals surface area (Å²) in [5.41, 5.74) is 1.81. The molecule has 94 valence electrons. The van der Waals surface area contributed by atoms with E-state index in [-0.39, 0.29) is 5.56 Å². The molecule has 0 saturated carbocycles. The van der Waals surface area contributed by atoms with Crippen LogP contribution in [-0.2, 0) is 0 Å². The summed E-state index contributed by atoms with van der Waals surface area (Å²) >= 11 is 0. The molecule has 0 spiro atoms. The van der Waals surface area contributed by atoms with Crippen LogP contribution in [0.4, 0.5) is 0 Å². The van der Waals surface area contributed by atoms with E-state index < -0.39 is 0 Å². The first-order valence-corrected chi connectivity index (χ1v) is 6.01. The number of benzene rings is 1. The maximum Gasteiger partial charge on any atom is 0.271 e. The molecule has 0 unspecified atom stereocenters. The van der Waals surface area contributed by atoms with Gasteiger partial charge in [-0.1, -0.05) is 30.3 Å². The molecule has 19 heavy (non-hydrogen) atoms. The molecule has 3 aromatic rings. The zero-order valence-electron chi connectivity index (χ0n) is 10.2. The Hall–Kier alpha value is -2.75. The molecule has 0 atom stereocenters. The largest absolute Gasteiger partial charge is 0.362 e. The Morgan fingerprint density at radius 1 is 0.895 bits per heavy atom. The van der Waals surface area contributed by atoms with Crippen LogP contribution >= 0.6 is 0 Å². The van der Waals surface area contributed by atoms with Crippen LogP contribution in [0.5, 0.6) is 0 Å². The Balaban J connectivity index is 2.20. The molecule has 0 aliphatic carbocycles. The van der Waals surface area contributed by atoms with Crippen molar-refractivity contribution in [2.45, 2.75) is 0 Å². The third-order valence-corrected chi connectivity index (χ3v) is 2.88. The van der Waals surface area contributed by atoms with Crippen molar-refractivity contribution >= 4 is 12.2 Å². The minimum Gasteiger partial charge on any atom is -0.362 e. The third-order valence-electron chi connectivity index (χ3n) is 2.88. The smallest absolute Gasteiger partial charge is 0.271 e. The highest BCUT2D eigenvalue weighted by Gasteiger charge is 1.96. The number of nitrogens with one attached hydrogen (secondary N) is 3. The van der Waals surface area contributed by atoms with E-state index in [1.54, 1.807) is 0 Å². The van der Waals surface area contributed by atoms with Crippen LogP contribution in [0.15, 0.2) is 53.5 Å². The van der Waals surface area contributed by atoms with E-state index in [0.29, 0.717) is 5.22 Å². The van der Waals surface area contributed by atoms with Gasteiger partial charge in [-0.15, -0.1) is 0 Å². The summed E-state index contributed by atoms with van der Waals surface area (Å²) in [6.45, 7) is 0. The van der Waals surface area contributed by atoms with E-state index in [4.69, 9.17) is 0 Å². The molecule has 1 aromatic carbocycles. The summed E-state index contributed by atoms with van der Waals surface area (Å²) < 4.78 is 0. The van der Waals surface area contributed by atoms with Crippen molar-refractivity contribution in [3.8, 4) is 0 Å². The average molecular weight is 251 g/mol. The summed E-state index contributed by atoms with van der Waals surface area (Å²) in [6.07, 6.45) is 5.59. The van der Waals surface area contributed by atoms with Crippen LogP contribution < -0.4 is 16.1 Å². The van der Waals surface area contributed by atoms with Crippen molar-refractivity contribution in [3.05, 3.63) is 80.8 Å². The van der Waals surface area contributed by atoms with Gasteiger partial charge in [-0.25, -0.2) is 0 Å². The van der Waals surface area contributed by atoms with E-state index in [1.165, 1.54) is 0 Å². The SMILES string of the molecule is O=c1[nH][nH]c(=Cc2ccccc2)c1=Cc1ccc[nH]1. The van der Waals surface area contributed by atoms with Gasteiger partial charge in [0, 0.05) is 11.9 Å². The predicted molar refractivity (Wildman–Crippen MR) is 75.0 cm³/mol. The molecule has 2 aromatic heterocycles. The maximum absolute atomic E-state index is 11.8. The third kappa shape index (κ3) is 2.42. The van der Waals surface area contributed by atoms with Gasteiger partial charge in [0.15, 0.2) is 0 Å². The Bertz CT molecular complexity index is 824. The highest BCUT2D eigenvalue weighted by molar-refractivity contribution is 5.51. The van der Waals surface area contributed by atoms with E-state index in [9.17, 15) is 4.79 Å². The van der Waals surface area contributed by atoms with Gasteiger partial charge in [0.25, 0.3) is 5.56 Å². The molecule has 4 heteroatoms. The van der Waals surface area contributed by atoms with Gasteiger partial charge in [0.05, 0.1) is 10.6 Å². The highest BCUT2D eigenvalue weighted by atomic mass is 16.1. The van der Waals surface area contributed by atoms with E-state index in [0.717, 1.165) is 16.6 Å². The molecule has 0 aliphatic heterocycles. The normalized spacial score (nSPS) is 13.1. The van der Waals surface area contributed by atoms with Gasteiger partial charge in [-0.2, -0.15) is 0 Å². The number of hydrogen-bond donors (Lipinski definition) is 3. The van der Waals surface area contributed by atoms with Crippen molar-refractivity contribution in [2.75, 3.05) is 0 Å². The molecule has 0 bridgehead atoms. The van der Waals surface area contributed by atoms with Crippen molar-refractivity contribution < 1.29 is 0 Å². The minimum atomic E-state index is -0.128. The second kappa shape index (κ2) is 4.86. The van der Waals surface area contributed by atoms with Crippen LogP contribution in [0.25, 0.3) is 12.2 Å². The molecular formula is C15H13N3O. The fourth-order valence-electron chi connectivity index (χ4n) is 1.94. The molecule has 0 radical (unpaired) electrons. The van der Waals surface area contributed by atoms with Gasteiger partial charge >= 0.3 is 0 Å². The van der Waals surface area contributed by atoms with Crippen molar-refractivity contribution in [1.29, 1.82) is 0 Å². The van der Waals surface area contributed by atoms with Crippen LogP contribution in [0.2, 0.25) is 0 Å². The Morgan fingerprint density at radius 3 is 2.47 bits per heavy atom. The average Bonchev–Trinajstić information content (AvgIpc) is 3.05. The molecule has 0 fully saturated rings. The fraction of sp³-hybridized carbons (Fsp3) is 0. The monoisotopic (exact) mass is 251 g/mol. The van der Waals surface area contributed by atoms with Crippen LogP contribution in [0, 0.1) is 0 Å². The second-order valence-electron chi connectivity index (χ2n) is 4.23. The summed E-state index contributed by atoms with van der Waals surface area (Å²) in [5, 5.41) is 6.90. The summed E-state index contributed by atoms with van der Waals surface area (Å²) in [7, 11) is 0. The topological polar surface area (TPSA) is 64.4 Å². The first kappa shape index (κ1) is 11.3. The summed E-state index contributed by atoms with van der Waals surface area (Å²) in [6, 6.07) is 13.7. The van der Waals surface area contributed by atoms with Crippen LogP contribution in [0.1, 0.15) is 11.3 Å². The quantitative estimate of drug-likeness (QED) is 0.616. The van der Waals surface area contributed by atoms with E-state index in [1.807, 2.05) is 60.8 Å². The van der Waals surface area contributed by atoms with Crippen molar-refractivity contribution in [2.24, 2.45) is 0 Å². The lowest BCUT2D eigenvalue weighted by Gasteiger charge is -1.89. The predicted octanol–water partition coefficient (Wildman–Crippen LogP) is 0.689. The lowest BCUT2D eigenvalue weighted by molar-refractivity contribution is 1.03. The molecule has 3 N–H and O–H groups in total. The number of H-pyrrole nitrogens is 3. The number of aromatic amines is 3. The van der Waals surface area contributed by atoms with Crippen LogP contribution in [-0.4, -0.2) is 15.2 Å². The molecular weight excluding hydrogens is 238 g/mol. The summed E-state index contributed by atoms with van der Waals surface area (Å²) in [5.74, 6) is 0. The van der Waals surface area contributed by atoms with E-state index >= 15 is 0 Å². The molecule has 4 nitrogen and oxygen atoms in total. The van der Waals surface area contributed by atoms with Crippen molar-refractivity contribution in [1.82, 2.24) is 15.2 Å². The Kier molecular flexibility index (Phi) is 2.90. The molecule has 0 amide bonds. The molecule has 3 rings (SSSR count). The lowest BCUT2D eigenvalue weighted by Crippen LogP contribution is -2.33. The van der Waals surface area contributed by atoms with Gasteiger partial charge in [-0.05, 0) is 29.8 Å². The summed E-state index contributed by atoms with van der Waals surface area (Å²) in [4.78, 5) is 14.9. The molecule has 0 aliphatic rings. The minimum absolute atomic E-state index is 0.128. The zero-order valence-corrected chi connectivity index (χ0v) is 10.2. The lowest BCUT2D eigenvalue weighted by atomic mass is 10.2. The number of aromatic nitrogens is 3. The van der Waals surface area contributed by atoms with Gasteiger partial charge in [0.1, 0.15) is 0 Å². The Labute approximate surface area is 109 Å². The van der Waals surface area contributed by atoms with Crippen LogP contribution in [0.3, 0.4) is 0 Å². The molecule has 2 heterocycles. The number of hydrogen-bond acceptors (Lipinski definition) is 1. The van der Waals surface area contributed by atoms with Gasteiger partial charge in [0.2, 0.25) is 0 Å². The number of rotatable bonds is 2. The van der Waals surface area contributed by atoms with Crippen molar-refractivity contribution in [3.63, 3.8) is 0 Å². The van der Waals surface area contributed by atoms with Gasteiger partial charge < -0.3 is 4.98 Å². The van der Waals surface area contributed by atoms with E-state index in [2.05, 4.69) is 15.2 Å². The first-order chi connectivity index (χ1) is 9.33. The zero-order chi connectivity index (χ0) is 13.1. The maximum atomic E-state index is 11.8. The standard InChI is InChI=1S/C15H13N3O/c19-15-13(10-12-7-4-8-16-12)14(17-18-15)9-11-5-2-1-3-6-11/h1-10,16-17H,(H,18,19). The molecule has 0 saturated heterocycles. The Morgan fingerprint density at radius 2 is 1.74 bits per heavy atom.